The van der Waals surface area contributed by atoms with Crippen molar-refractivity contribution in [3.05, 3.63) is 0 Å². The van der Waals surface area contributed by atoms with Crippen molar-refractivity contribution in [2.45, 2.75) is 0 Å². The van der Waals surface area contributed by atoms with Crippen LogP contribution in [0.4, 0.5) is 0 Å². The van der Waals surface area contributed by atoms with E-state index in [9.17, 15) is 0 Å². The second kappa shape index (κ2) is 9.19. The average Bonchev–Trinajstić information content (AvgIpc) is 1.97. The summed E-state index contributed by atoms with van der Waals surface area (Å²) >= 11 is 1.49. The number of rotatable bonds is 7. The highest BCUT2D eigenvalue weighted by atomic mass is 32.2. The molecule has 0 fully saturated rings. The van der Waals surface area contributed by atoms with E-state index in [1.54, 1.807) is 0 Å². The van der Waals surface area contributed by atoms with Crippen LogP contribution in [0.25, 0.3) is 0 Å². The predicted octanol–water partition coefficient (Wildman–Crippen LogP) is -1.09. The van der Waals surface area contributed by atoms with Gasteiger partial charge in [0.15, 0.2) is 0 Å². The van der Waals surface area contributed by atoms with Crippen LogP contribution in [0.5, 0.6) is 0 Å². The van der Waals surface area contributed by atoms with Gasteiger partial charge in [0.25, 0.3) is 0 Å². The molecule has 0 aromatic heterocycles. The molecular formula is C5H16N4S. The van der Waals surface area contributed by atoms with E-state index < -0.39 is 0 Å². The Labute approximate surface area is 66.6 Å². The van der Waals surface area contributed by atoms with E-state index in [0.29, 0.717) is 6.54 Å². The lowest BCUT2D eigenvalue weighted by Crippen LogP contribution is -2.29. The van der Waals surface area contributed by atoms with Crippen molar-refractivity contribution in [2.75, 3.05) is 33.2 Å². The Hall–Kier alpha value is 0.190. The van der Waals surface area contributed by atoms with E-state index in [2.05, 4.69) is 14.8 Å². The summed E-state index contributed by atoms with van der Waals surface area (Å²) in [6.45, 7) is 3.52. The molecule has 62 valence electrons. The lowest BCUT2D eigenvalue weighted by Gasteiger charge is -2.02. The van der Waals surface area contributed by atoms with E-state index in [4.69, 9.17) is 5.73 Å². The predicted molar refractivity (Wildman–Crippen MR) is 46.6 cm³/mol. The molecule has 0 aliphatic heterocycles. The van der Waals surface area contributed by atoms with Gasteiger partial charge < -0.3 is 11.1 Å². The molecule has 0 aromatic rings. The Bertz CT molecular complexity index is 53.6. The smallest absolute Gasteiger partial charge is 0.0196 e. The second-order valence-electron chi connectivity index (χ2n) is 1.74. The van der Waals surface area contributed by atoms with Crippen LogP contribution in [-0.4, -0.2) is 33.2 Å². The first-order valence-electron chi connectivity index (χ1n) is 3.38. The molecule has 0 atom stereocenters. The third-order valence-electron chi connectivity index (χ3n) is 0.899. The van der Waals surface area contributed by atoms with Crippen LogP contribution in [0.3, 0.4) is 0 Å². The standard InChI is InChI=1S/C5H16N4S/c1-7-10-9-5-4-8-3-2-6/h7-9H,2-6H2,1H3. The van der Waals surface area contributed by atoms with Gasteiger partial charge in [-0.25, -0.2) is 4.72 Å². The average molecular weight is 164 g/mol. The molecule has 0 aromatic carbocycles. The Morgan fingerprint density at radius 1 is 1.30 bits per heavy atom. The van der Waals surface area contributed by atoms with Gasteiger partial charge in [-0.05, 0) is 7.05 Å². The molecule has 0 bridgehead atoms. The van der Waals surface area contributed by atoms with Crippen LogP contribution in [0.1, 0.15) is 0 Å². The van der Waals surface area contributed by atoms with E-state index >= 15 is 0 Å². The second-order valence-corrected chi connectivity index (χ2v) is 2.64. The maximum absolute atomic E-state index is 5.27. The highest BCUT2D eigenvalue weighted by Gasteiger charge is 1.84. The Balaban J connectivity index is 2.65. The fraction of sp³-hybridized carbons (Fsp3) is 1.00. The topological polar surface area (TPSA) is 62.1 Å². The molecule has 5 N–H and O–H groups in total. The summed E-state index contributed by atoms with van der Waals surface area (Å²) in [7, 11) is 1.88. The Morgan fingerprint density at radius 3 is 2.70 bits per heavy atom. The zero-order valence-corrected chi connectivity index (χ0v) is 7.13. The first kappa shape index (κ1) is 10.2. The van der Waals surface area contributed by atoms with Crippen LogP contribution in [0.2, 0.25) is 0 Å². The van der Waals surface area contributed by atoms with Gasteiger partial charge in [-0.15, -0.1) is 0 Å². The maximum atomic E-state index is 5.27. The van der Waals surface area contributed by atoms with Gasteiger partial charge in [-0.1, -0.05) is 0 Å². The number of hydrogen-bond donors (Lipinski definition) is 4. The molecule has 5 heteroatoms. The van der Waals surface area contributed by atoms with Gasteiger partial charge in [0.1, 0.15) is 0 Å². The highest BCUT2D eigenvalue weighted by Crippen LogP contribution is 1.76. The third kappa shape index (κ3) is 8.19. The van der Waals surface area contributed by atoms with Crippen LogP contribution < -0.4 is 20.5 Å². The minimum Gasteiger partial charge on any atom is -0.329 e. The largest absolute Gasteiger partial charge is 0.329 e. The van der Waals surface area contributed by atoms with Crippen molar-refractivity contribution in [2.24, 2.45) is 5.73 Å². The molecule has 10 heavy (non-hydrogen) atoms. The summed E-state index contributed by atoms with van der Waals surface area (Å²) in [5.74, 6) is 0. The molecule has 0 rings (SSSR count). The van der Waals surface area contributed by atoms with Gasteiger partial charge in [-0.2, -0.15) is 0 Å². The van der Waals surface area contributed by atoms with Crippen molar-refractivity contribution in [1.29, 1.82) is 0 Å². The first-order chi connectivity index (χ1) is 4.91. The number of hydrogen-bond acceptors (Lipinski definition) is 5. The van der Waals surface area contributed by atoms with Gasteiger partial charge in [0.05, 0.1) is 0 Å². The molecule has 0 spiro atoms. The van der Waals surface area contributed by atoms with Crippen molar-refractivity contribution in [3.8, 4) is 0 Å². The van der Waals surface area contributed by atoms with Crippen LogP contribution >= 0.6 is 12.1 Å². The molecule has 0 amide bonds. The molecule has 0 radical (unpaired) electrons. The molecule has 0 saturated heterocycles. The van der Waals surface area contributed by atoms with Crippen molar-refractivity contribution in [1.82, 2.24) is 14.8 Å². The van der Waals surface area contributed by atoms with Crippen molar-refractivity contribution < 1.29 is 0 Å². The lowest BCUT2D eigenvalue weighted by atomic mass is 10.6. The lowest BCUT2D eigenvalue weighted by molar-refractivity contribution is 0.683. The Morgan fingerprint density at radius 2 is 2.10 bits per heavy atom. The fourth-order valence-electron chi connectivity index (χ4n) is 0.490. The SMILES string of the molecule is CNSNCCNCCN. The van der Waals surface area contributed by atoms with Crippen molar-refractivity contribution in [3.63, 3.8) is 0 Å². The van der Waals surface area contributed by atoms with Crippen LogP contribution in [0.15, 0.2) is 0 Å². The highest BCUT2D eigenvalue weighted by molar-refractivity contribution is 7.95. The van der Waals surface area contributed by atoms with Gasteiger partial charge in [0.2, 0.25) is 0 Å². The Kier molecular flexibility index (Phi) is 9.36. The first-order valence-corrected chi connectivity index (χ1v) is 4.19. The third-order valence-corrected chi connectivity index (χ3v) is 1.45. The normalized spacial score (nSPS) is 10.2. The molecule has 0 aliphatic rings. The summed E-state index contributed by atoms with van der Waals surface area (Å²) in [4.78, 5) is 0. The molecule has 0 heterocycles. The van der Waals surface area contributed by atoms with Gasteiger partial charge in [0, 0.05) is 38.3 Å². The summed E-state index contributed by atoms with van der Waals surface area (Å²) in [6.07, 6.45) is 0. The zero-order chi connectivity index (χ0) is 7.66. The number of nitrogens with two attached hydrogens (primary N) is 1. The van der Waals surface area contributed by atoms with Crippen LogP contribution in [0, 0.1) is 0 Å². The molecule has 0 saturated carbocycles. The monoisotopic (exact) mass is 164 g/mol. The quantitative estimate of drug-likeness (QED) is 0.284. The maximum Gasteiger partial charge on any atom is 0.0196 e. The van der Waals surface area contributed by atoms with E-state index in [0.717, 1.165) is 19.6 Å². The minimum atomic E-state index is 0.708. The van der Waals surface area contributed by atoms with Gasteiger partial charge >= 0.3 is 0 Å². The van der Waals surface area contributed by atoms with E-state index in [1.165, 1.54) is 12.1 Å². The van der Waals surface area contributed by atoms with E-state index in [1.807, 2.05) is 7.05 Å². The summed E-state index contributed by atoms with van der Waals surface area (Å²) in [5, 5.41) is 3.17. The summed E-state index contributed by atoms with van der Waals surface area (Å²) in [5.41, 5.74) is 5.27. The fourth-order valence-corrected chi connectivity index (χ4v) is 0.838. The summed E-state index contributed by atoms with van der Waals surface area (Å²) in [6, 6.07) is 0. The van der Waals surface area contributed by atoms with Crippen LogP contribution in [-0.2, 0) is 0 Å². The minimum absolute atomic E-state index is 0.708. The van der Waals surface area contributed by atoms with Crippen molar-refractivity contribution >= 4 is 12.1 Å². The number of nitrogens with one attached hydrogen (secondary N) is 3. The van der Waals surface area contributed by atoms with E-state index in [-0.39, 0.29) is 0 Å². The molecule has 0 unspecified atom stereocenters. The molecular weight excluding hydrogens is 148 g/mol. The van der Waals surface area contributed by atoms with Gasteiger partial charge in [-0.3, -0.25) is 4.72 Å². The molecule has 0 aliphatic carbocycles. The zero-order valence-electron chi connectivity index (χ0n) is 6.31. The summed E-state index contributed by atoms with van der Waals surface area (Å²) < 4.78 is 6.01. The molecule has 4 nitrogen and oxygen atoms in total.